The van der Waals surface area contributed by atoms with Gasteiger partial charge in [-0.3, -0.25) is 14.5 Å². The van der Waals surface area contributed by atoms with Gasteiger partial charge in [0.15, 0.2) is 5.78 Å². The summed E-state index contributed by atoms with van der Waals surface area (Å²) in [7, 11) is 0. The number of halogens is 1. The van der Waals surface area contributed by atoms with Crippen LogP contribution in [-0.2, 0) is 4.79 Å². The molecule has 0 saturated heterocycles. The van der Waals surface area contributed by atoms with E-state index in [2.05, 4.69) is 0 Å². The smallest absolute Gasteiger partial charge is 0.232 e. The lowest BCUT2D eigenvalue weighted by Crippen LogP contribution is -2.45. The highest BCUT2D eigenvalue weighted by Gasteiger charge is 2.45. The number of fused-ring (bicyclic) bond motifs is 1. The zero-order chi connectivity index (χ0) is 25.4. The summed E-state index contributed by atoms with van der Waals surface area (Å²) in [6, 6.07) is 22.6. The number of nitrogens with two attached hydrogens (primary N) is 1. The lowest BCUT2D eigenvalue weighted by molar-refractivity contribution is -0.123. The Balaban J connectivity index is 0.00000200. The van der Waals surface area contributed by atoms with Crippen molar-refractivity contribution in [1.82, 2.24) is 9.78 Å². The van der Waals surface area contributed by atoms with Crippen molar-refractivity contribution in [1.29, 1.82) is 0 Å². The standard InChI is InChI=1S/C29H27FN4O2.2H2S/c1-3-33-28-26(18(2)32-34(28)23-10-5-4-6-11-23)27(19-12-14-21(30)15-13-19)24(29(33)36)17-25(35)20-8-7-9-22(31)16-20;;/h4-16,24,27H,3,17,31H2,1-2H3;2*1H2/t24-,27+;;/m0../s1. The minimum Gasteiger partial charge on any atom is -0.399 e. The summed E-state index contributed by atoms with van der Waals surface area (Å²) in [5.41, 5.74) is 10.1. The topological polar surface area (TPSA) is 81.2 Å². The van der Waals surface area contributed by atoms with Crippen molar-refractivity contribution in [2.24, 2.45) is 5.92 Å². The number of aryl methyl sites for hydroxylation is 1. The van der Waals surface area contributed by atoms with Gasteiger partial charge in [0, 0.05) is 35.7 Å². The normalized spacial score (nSPS) is 16.3. The third-order valence-corrected chi connectivity index (χ3v) is 6.79. The molecule has 2 atom stereocenters. The summed E-state index contributed by atoms with van der Waals surface area (Å²) in [5, 5.41) is 4.82. The van der Waals surface area contributed by atoms with Crippen LogP contribution >= 0.6 is 27.0 Å². The molecular weight excluding hydrogens is 519 g/mol. The quantitative estimate of drug-likeness (QED) is 0.253. The van der Waals surface area contributed by atoms with Crippen LogP contribution in [0.3, 0.4) is 0 Å². The number of anilines is 2. The maximum atomic E-state index is 14.0. The number of hydrogen-bond donors (Lipinski definition) is 1. The SMILES string of the molecule is CCN1C(=O)[C@@H](CC(=O)c2cccc(N)c2)[C@@H](c2ccc(F)cc2)c2c(C)nn(-c3ccccc3)c21.S.S. The fraction of sp³-hybridized carbons (Fsp3) is 0.207. The minimum absolute atomic E-state index is 0. The van der Waals surface area contributed by atoms with Crippen molar-refractivity contribution in [3.63, 3.8) is 0 Å². The zero-order valence-corrected chi connectivity index (χ0v) is 23.2. The third kappa shape index (κ3) is 5.21. The van der Waals surface area contributed by atoms with Crippen molar-refractivity contribution < 1.29 is 14.0 Å². The molecule has 9 heteroatoms. The highest BCUT2D eigenvalue weighted by atomic mass is 32.1. The first-order valence-electron chi connectivity index (χ1n) is 12.0. The van der Waals surface area contributed by atoms with Gasteiger partial charge >= 0.3 is 0 Å². The van der Waals surface area contributed by atoms with Gasteiger partial charge in [-0.15, -0.1) is 0 Å². The number of rotatable bonds is 6. The number of amides is 1. The highest BCUT2D eigenvalue weighted by molar-refractivity contribution is 7.59. The number of aromatic nitrogens is 2. The summed E-state index contributed by atoms with van der Waals surface area (Å²) >= 11 is 0. The van der Waals surface area contributed by atoms with Crippen LogP contribution in [0.25, 0.3) is 5.69 Å². The Morgan fingerprint density at radius 2 is 1.68 bits per heavy atom. The van der Waals surface area contributed by atoms with Gasteiger partial charge in [0.05, 0.1) is 17.3 Å². The predicted molar refractivity (Wildman–Crippen MR) is 159 cm³/mol. The molecular formula is C29H31FN4O2S2. The van der Waals surface area contributed by atoms with E-state index in [1.807, 2.05) is 44.2 Å². The number of ketones is 1. The maximum absolute atomic E-state index is 14.0. The van der Waals surface area contributed by atoms with Gasteiger partial charge in [-0.1, -0.05) is 42.5 Å². The van der Waals surface area contributed by atoms with Gasteiger partial charge in [0.1, 0.15) is 11.6 Å². The van der Waals surface area contributed by atoms with Crippen LogP contribution in [0.15, 0.2) is 78.9 Å². The van der Waals surface area contributed by atoms with Crippen molar-refractivity contribution in [3.05, 3.63) is 107 Å². The number of benzene rings is 3. The largest absolute Gasteiger partial charge is 0.399 e. The summed E-state index contributed by atoms with van der Waals surface area (Å²) in [4.78, 5) is 29.1. The zero-order valence-electron chi connectivity index (χ0n) is 21.2. The van der Waals surface area contributed by atoms with Gasteiger partial charge in [-0.2, -0.15) is 32.1 Å². The van der Waals surface area contributed by atoms with Gasteiger partial charge in [-0.25, -0.2) is 9.07 Å². The van der Waals surface area contributed by atoms with Gasteiger partial charge < -0.3 is 5.73 Å². The number of Topliss-reactive ketones (excluding diaryl/α,β-unsaturated/α-hetero) is 1. The van der Waals surface area contributed by atoms with E-state index in [9.17, 15) is 14.0 Å². The molecule has 6 nitrogen and oxygen atoms in total. The Kier molecular flexibility index (Phi) is 9.06. The van der Waals surface area contributed by atoms with E-state index in [1.54, 1.807) is 46.0 Å². The number of carbonyl (C=O) groups excluding carboxylic acids is 2. The molecule has 3 aromatic carbocycles. The Morgan fingerprint density at radius 3 is 2.32 bits per heavy atom. The van der Waals surface area contributed by atoms with Gasteiger partial charge in [0.25, 0.3) is 0 Å². The second kappa shape index (κ2) is 11.9. The van der Waals surface area contributed by atoms with Crippen LogP contribution in [0, 0.1) is 18.7 Å². The van der Waals surface area contributed by atoms with E-state index >= 15 is 0 Å². The molecule has 0 spiro atoms. The molecule has 0 saturated carbocycles. The highest BCUT2D eigenvalue weighted by Crippen LogP contribution is 2.47. The minimum atomic E-state index is -0.677. The molecule has 38 heavy (non-hydrogen) atoms. The third-order valence-electron chi connectivity index (χ3n) is 6.79. The molecule has 2 heterocycles. The van der Waals surface area contributed by atoms with E-state index in [-0.39, 0.29) is 50.9 Å². The van der Waals surface area contributed by atoms with E-state index < -0.39 is 11.8 Å². The number of hydrogen-bond acceptors (Lipinski definition) is 4. The van der Waals surface area contributed by atoms with Crippen molar-refractivity contribution in [2.45, 2.75) is 26.2 Å². The Labute approximate surface area is 235 Å². The van der Waals surface area contributed by atoms with Crippen molar-refractivity contribution in [2.75, 3.05) is 17.2 Å². The first kappa shape index (κ1) is 29.0. The van der Waals surface area contributed by atoms with Gasteiger partial charge in [-0.05, 0) is 55.8 Å². The summed E-state index contributed by atoms with van der Waals surface area (Å²) < 4.78 is 15.6. The van der Waals surface area contributed by atoms with Crippen molar-refractivity contribution >= 4 is 50.2 Å². The number of para-hydroxylation sites is 1. The van der Waals surface area contributed by atoms with Crippen LogP contribution in [0.5, 0.6) is 0 Å². The number of carbonyl (C=O) groups is 2. The van der Waals surface area contributed by atoms with Crippen molar-refractivity contribution in [3.8, 4) is 5.69 Å². The molecule has 198 valence electrons. The fourth-order valence-corrected chi connectivity index (χ4v) is 5.16. The van der Waals surface area contributed by atoms with E-state index in [0.29, 0.717) is 23.6 Å². The molecule has 1 aliphatic rings. The first-order chi connectivity index (χ1) is 17.4. The molecule has 1 aromatic heterocycles. The monoisotopic (exact) mass is 550 g/mol. The number of nitrogens with zero attached hydrogens (tertiary/aromatic N) is 3. The first-order valence-corrected chi connectivity index (χ1v) is 12.0. The molecule has 0 aliphatic carbocycles. The van der Waals surface area contributed by atoms with E-state index in [4.69, 9.17) is 10.8 Å². The second-order valence-electron chi connectivity index (χ2n) is 9.04. The lowest BCUT2D eigenvalue weighted by atomic mass is 9.74. The summed E-state index contributed by atoms with van der Waals surface area (Å²) in [6.45, 7) is 4.24. The van der Waals surface area contributed by atoms with Gasteiger partial charge in [0.2, 0.25) is 5.91 Å². The molecule has 0 fully saturated rings. The van der Waals surface area contributed by atoms with Crippen LogP contribution in [-0.4, -0.2) is 28.0 Å². The Bertz CT molecular complexity index is 1440. The van der Waals surface area contributed by atoms with E-state index in [1.165, 1.54) is 12.1 Å². The average Bonchev–Trinajstić information content (AvgIpc) is 3.22. The molecule has 1 amide bonds. The maximum Gasteiger partial charge on any atom is 0.232 e. The predicted octanol–water partition coefficient (Wildman–Crippen LogP) is 5.52. The van der Waals surface area contributed by atoms with Crippen LogP contribution in [0.4, 0.5) is 15.9 Å². The van der Waals surface area contributed by atoms with Crippen LogP contribution < -0.4 is 10.6 Å². The molecule has 0 bridgehead atoms. The molecule has 5 rings (SSSR count). The molecule has 0 unspecified atom stereocenters. The molecule has 4 aromatic rings. The molecule has 1 aliphatic heterocycles. The second-order valence-corrected chi connectivity index (χ2v) is 9.04. The lowest BCUT2D eigenvalue weighted by Gasteiger charge is -2.38. The summed E-state index contributed by atoms with van der Waals surface area (Å²) in [5.74, 6) is -1.13. The van der Waals surface area contributed by atoms with Crippen LogP contribution in [0.1, 0.15) is 46.4 Å². The Hall–Kier alpha value is -3.56. The number of nitrogen functional groups attached to an aromatic ring is 1. The average molecular weight is 551 g/mol. The fourth-order valence-electron chi connectivity index (χ4n) is 5.16. The molecule has 0 radical (unpaired) electrons. The Morgan fingerprint density at radius 1 is 1.00 bits per heavy atom. The van der Waals surface area contributed by atoms with Crippen LogP contribution in [0.2, 0.25) is 0 Å². The van der Waals surface area contributed by atoms with E-state index in [0.717, 1.165) is 22.5 Å². The summed E-state index contributed by atoms with van der Waals surface area (Å²) in [6.07, 6.45) is -0.00374. The molecule has 2 N–H and O–H groups in total.